The van der Waals surface area contributed by atoms with Crippen molar-refractivity contribution in [3.8, 4) is 11.3 Å². The number of carbonyl (C=O) groups is 1. The molecule has 0 bridgehead atoms. The fourth-order valence-electron chi connectivity index (χ4n) is 2.70. The van der Waals surface area contributed by atoms with Crippen molar-refractivity contribution in [2.45, 2.75) is 6.18 Å². The van der Waals surface area contributed by atoms with Crippen LogP contribution in [0.4, 0.5) is 18.3 Å². The second kappa shape index (κ2) is 7.51. The number of nitrogens with zero attached hydrogens (tertiary/aromatic N) is 2. The minimum atomic E-state index is -4.43. The van der Waals surface area contributed by atoms with Crippen molar-refractivity contribution in [3.63, 3.8) is 0 Å². The van der Waals surface area contributed by atoms with Crippen LogP contribution in [0.2, 0.25) is 0 Å². The van der Waals surface area contributed by atoms with Crippen molar-refractivity contribution in [3.05, 3.63) is 71.8 Å². The summed E-state index contributed by atoms with van der Waals surface area (Å²) in [6.07, 6.45) is -1.95. The molecule has 9 heteroatoms. The highest BCUT2D eigenvalue weighted by atomic mass is 32.1. The lowest BCUT2D eigenvalue weighted by atomic mass is 10.1. The summed E-state index contributed by atoms with van der Waals surface area (Å²) in [7, 11) is 0. The topological polar surface area (TPSA) is 70.7 Å². The van der Waals surface area contributed by atoms with Gasteiger partial charge in [-0.15, -0.1) is 0 Å². The molecule has 0 aliphatic carbocycles. The zero-order valence-corrected chi connectivity index (χ0v) is 15.5. The normalized spacial score (nSPS) is 12.0. The molecule has 0 spiro atoms. The number of rotatable bonds is 4. The van der Waals surface area contributed by atoms with Gasteiger partial charge in [0.1, 0.15) is 4.70 Å². The Bertz CT molecular complexity index is 1200. The number of amides is 1. The molecule has 4 aromatic rings. The van der Waals surface area contributed by atoms with Crippen molar-refractivity contribution >= 4 is 38.8 Å². The van der Waals surface area contributed by atoms with Crippen molar-refractivity contribution in [1.82, 2.24) is 15.2 Å². The number of alkyl halides is 3. The SMILES string of the molecule is O=C(C=Cc1cccc(C(F)(F)F)c1)Nc1nc2n[nH]c(-c3ccccc3)c2s1. The van der Waals surface area contributed by atoms with Crippen LogP contribution in [0, 0.1) is 0 Å². The second-order valence-corrected chi connectivity index (χ2v) is 7.08. The number of fused-ring (bicyclic) bond motifs is 1. The highest BCUT2D eigenvalue weighted by Crippen LogP contribution is 2.33. The molecule has 1 amide bonds. The molecule has 0 unspecified atom stereocenters. The first-order chi connectivity index (χ1) is 13.9. The Morgan fingerprint density at radius 2 is 1.90 bits per heavy atom. The van der Waals surface area contributed by atoms with E-state index in [9.17, 15) is 18.0 Å². The summed E-state index contributed by atoms with van der Waals surface area (Å²) in [5, 5.41) is 10.1. The van der Waals surface area contributed by atoms with E-state index in [1.54, 1.807) is 0 Å². The molecule has 0 radical (unpaired) electrons. The maximum absolute atomic E-state index is 12.8. The number of carbonyl (C=O) groups excluding carboxylic acids is 1. The van der Waals surface area contributed by atoms with Crippen molar-refractivity contribution in [2.75, 3.05) is 5.32 Å². The highest BCUT2D eigenvalue weighted by Gasteiger charge is 2.30. The summed E-state index contributed by atoms with van der Waals surface area (Å²) in [5.41, 5.74) is 1.73. The average molecular weight is 414 g/mol. The lowest BCUT2D eigenvalue weighted by Crippen LogP contribution is -2.07. The molecule has 2 aromatic carbocycles. The molecule has 0 saturated heterocycles. The van der Waals surface area contributed by atoms with Crippen LogP contribution >= 0.6 is 11.3 Å². The fourth-order valence-corrected chi connectivity index (χ4v) is 3.63. The molecule has 146 valence electrons. The van der Waals surface area contributed by atoms with E-state index in [1.807, 2.05) is 30.3 Å². The lowest BCUT2D eigenvalue weighted by molar-refractivity contribution is -0.137. The number of hydrogen-bond donors (Lipinski definition) is 2. The Kier molecular flexibility index (Phi) is 4.89. The molecule has 0 saturated carbocycles. The van der Waals surface area contributed by atoms with E-state index < -0.39 is 17.6 Å². The number of halogens is 3. The number of H-pyrrole nitrogens is 1. The molecule has 29 heavy (non-hydrogen) atoms. The van der Waals surface area contributed by atoms with Gasteiger partial charge in [0.25, 0.3) is 0 Å². The first kappa shape index (κ1) is 18.9. The van der Waals surface area contributed by atoms with Gasteiger partial charge in [-0.05, 0) is 23.8 Å². The minimum absolute atomic E-state index is 0.274. The minimum Gasteiger partial charge on any atom is -0.298 e. The Hall–Kier alpha value is -3.46. The van der Waals surface area contributed by atoms with Gasteiger partial charge in [-0.25, -0.2) is 0 Å². The standard InChI is InChI=1S/C20H13F3N4OS/c21-20(22,23)14-8-4-5-12(11-14)9-10-15(28)24-19-25-18-17(29-19)16(26-27-18)13-6-2-1-3-7-13/h1-11H,(H2,24,25,26,27,28). The van der Waals surface area contributed by atoms with E-state index in [0.717, 1.165) is 28.1 Å². The molecule has 0 aliphatic heterocycles. The summed E-state index contributed by atoms with van der Waals surface area (Å²) in [5.74, 6) is -0.496. The molecule has 2 aromatic heterocycles. The molecule has 2 N–H and O–H groups in total. The molecular weight excluding hydrogens is 401 g/mol. The van der Waals surface area contributed by atoms with E-state index >= 15 is 0 Å². The highest BCUT2D eigenvalue weighted by molar-refractivity contribution is 7.22. The molecule has 0 aliphatic rings. The van der Waals surface area contributed by atoms with Crippen LogP contribution in [0.5, 0.6) is 0 Å². The van der Waals surface area contributed by atoms with Gasteiger partial charge in [0.15, 0.2) is 10.8 Å². The van der Waals surface area contributed by atoms with Gasteiger partial charge < -0.3 is 0 Å². The van der Waals surface area contributed by atoms with E-state index in [4.69, 9.17) is 0 Å². The van der Waals surface area contributed by atoms with Crippen molar-refractivity contribution in [1.29, 1.82) is 0 Å². The van der Waals surface area contributed by atoms with Crippen LogP contribution in [-0.2, 0) is 11.0 Å². The molecule has 0 atom stereocenters. The van der Waals surface area contributed by atoms with Gasteiger partial charge in [0.05, 0.1) is 11.3 Å². The van der Waals surface area contributed by atoms with Crippen LogP contribution in [0.25, 0.3) is 27.7 Å². The van der Waals surface area contributed by atoms with Crippen molar-refractivity contribution < 1.29 is 18.0 Å². The second-order valence-electron chi connectivity index (χ2n) is 6.08. The molecule has 4 rings (SSSR count). The van der Waals surface area contributed by atoms with Gasteiger partial charge in [-0.1, -0.05) is 53.8 Å². The molecule has 0 fully saturated rings. The summed E-state index contributed by atoms with van der Waals surface area (Å²) in [6.45, 7) is 0. The number of anilines is 1. The van der Waals surface area contributed by atoms with Gasteiger partial charge >= 0.3 is 6.18 Å². The Labute approximate surface area is 166 Å². The summed E-state index contributed by atoms with van der Waals surface area (Å²) >= 11 is 1.26. The average Bonchev–Trinajstić information content (AvgIpc) is 3.27. The molecule has 5 nitrogen and oxygen atoms in total. The number of aromatic nitrogens is 3. The van der Waals surface area contributed by atoms with Crippen LogP contribution in [0.1, 0.15) is 11.1 Å². The van der Waals surface area contributed by atoms with Crippen LogP contribution in [-0.4, -0.2) is 21.1 Å². The lowest BCUT2D eigenvalue weighted by Gasteiger charge is -2.06. The van der Waals surface area contributed by atoms with E-state index in [1.165, 1.54) is 35.6 Å². The maximum Gasteiger partial charge on any atom is 0.416 e. The number of nitrogens with one attached hydrogen (secondary N) is 2. The third-order valence-electron chi connectivity index (χ3n) is 4.04. The summed E-state index contributed by atoms with van der Waals surface area (Å²) in [4.78, 5) is 16.4. The van der Waals surface area contributed by atoms with Gasteiger partial charge in [-0.3, -0.25) is 15.2 Å². The number of aromatic amines is 1. The first-order valence-electron chi connectivity index (χ1n) is 8.47. The van der Waals surface area contributed by atoms with Gasteiger partial charge in [0.2, 0.25) is 5.91 Å². The quantitative estimate of drug-likeness (QED) is 0.442. The van der Waals surface area contributed by atoms with Crippen LogP contribution < -0.4 is 5.32 Å². The summed E-state index contributed by atoms with van der Waals surface area (Å²) in [6, 6.07) is 14.3. The monoisotopic (exact) mass is 414 g/mol. The van der Waals surface area contributed by atoms with E-state index in [0.29, 0.717) is 10.8 Å². The van der Waals surface area contributed by atoms with Gasteiger partial charge in [0, 0.05) is 11.6 Å². The predicted octanol–water partition coefficient (Wildman–Crippen LogP) is 5.36. The van der Waals surface area contributed by atoms with Crippen molar-refractivity contribution in [2.24, 2.45) is 0 Å². The smallest absolute Gasteiger partial charge is 0.298 e. The van der Waals surface area contributed by atoms with E-state index in [2.05, 4.69) is 20.5 Å². The third-order valence-corrected chi connectivity index (χ3v) is 5.02. The third kappa shape index (κ3) is 4.19. The predicted molar refractivity (Wildman–Crippen MR) is 106 cm³/mol. The fraction of sp³-hybridized carbons (Fsp3) is 0.0500. The summed E-state index contributed by atoms with van der Waals surface area (Å²) < 4.78 is 39.1. The number of benzene rings is 2. The van der Waals surface area contributed by atoms with Crippen LogP contribution in [0.3, 0.4) is 0 Å². The Balaban J connectivity index is 1.50. The number of hydrogen-bond acceptors (Lipinski definition) is 4. The Morgan fingerprint density at radius 3 is 2.66 bits per heavy atom. The first-order valence-corrected chi connectivity index (χ1v) is 9.28. The van der Waals surface area contributed by atoms with Gasteiger partial charge in [-0.2, -0.15) is 23.3 Å². The van der Waals surface area contributed by atoms with Crippen LogP contribution in [0.15, 0.2) is 60.7 Å². The molecule has 2 heterocycles. The zero-order chi connectivity index (χ0) is 20.4. The van der Waals surface area contributed by atoms with E-state index in [-0.39, 0.29) is 5.56 Å². The molecular formula is C20H13F3N4OS. The Morgan fingerprint density at radius 1 is 1.10 bits per heavy atom. The maximum atomic E-state index is 12.8. The number of thiazole rings is 1. The zero-order valence-electron chi connectivity index (χ0n) is 14.7. The largest absolute Gasteiger partial charge is 0.416 e.